The highest BCUT2D eigenvalue weighted by Gasteiger charge is 2.03. The van der Waals surface area contributed by atoms with E-state index < -0.39 is 0 Å². The Hall–Kier alpha value is -1.09. The SMILES string of the molecule is C=CC1=NCN(N(C)C)C=C1. The lowest BCUT2D eigenvalue weighted by atomic mass is 10.3. The summed E-state index contributed by atoms with van der Waals surface area (Å²) in [6.07, 6.45) is 5.68. The summed E-state index contributed by atoms with van der Waals surface area (Å²) in [6.45, 7) is 4.33. The van der Waals surface area contributed by atoms with E-state index >= 15 is 0 Å². The maximum absolute atomic E-state index is 4.25. The number of nitrogens with zero attached hydrogens (tertiary/aromatic N) is 3. The van der Waals surface area contributed by atoms with E-state index in [4.69, 9.17) is 0 Å². The summed E-state index contributed by atoms with van der Waals surface area (Å²) in [6, 6.07) is 0. The average molecular weight is 151 g/mol. The molecule has 1 rings (SSSR count). The molecule has 0 amide bonds. The molecule has 1 aliphatic heterocycles. The number of allylic oxidation sites excluding steroid dienone is 2. The molecule has 0 N–H and O–H groups in total. The van der Waals surface area contributed by atoms with E-state index in [0.717, 1.165) is 5.71 Å². The van der Waals surface area contributed by atoms with Gasteiger partial charge in [-0.15, -0.1) is 0 Å². The molecule has 0 saturated carbocycles. The van der Waals surface area contributed by atoms with Gasteiger partial charge in [0.05, 0.1) is 5.71 Å². The summed E-state index contributed by atoms with van der Waals surface area (Å²) >= 11 is 0. The second-order valence-corrected chi connectivity index (χ2v) is 2.53. The number of hydrogen-bond donors (Lipinski definition) is 0. The van der Waals surface area contributed by atoms with Crippen LogP contribution in [0.4, 0.5) is 0 Å². The quantitative estimate of drug-likeness (QED) is 0.583. The Kier molecular flexibility index (Phi) is 2.44. The molecule has 1 heterocycles. The van der Waals surface area contributed by atoms with Crippen LogP contribution in [-0.4, -0.2) is 36.5 Å². The Bertz CT molecular complexity index is 203. The second kappa shape index (κ2) is 3.34. The molecule has 0 aromatic rings. The molecule has 3 nitrogen and oxygen atoms in total. The standard InChI is InChI=1S/C8H13N3/c1-4-8-5-6-11(7-9-8)10(2)3/h4-6H,1,7H2,2-3H3. The van der Waals surface area contributed by atoms with Gasteiger partial charge in [-0.1, -0.05) is 6.58 Å². The van der Waals surface area contributed by atoms with Crippen molar-refractivity contribution in [2.45, 2.75) is 0 Å². The second-order valence-electron chi connectivity index (χ2n) is 2.53. The largest absolute Gasteiger partial charge is 0.292 e. The van der Waals surface area contributed by atoms with Crippen LogP contribution in [0, 0.1) is 0 Å². The van der Waals surface area contributed by atoms with E-state index in [9.17, 15) is 0 Å². The lowest BCUT2D eigenvalue weighted by Crippen LogP contribution is -2.34. The predicted octanol–water partition coefficient (Wildman–Crippen LogP) is 0.877. The zero-order valence-corrected chi connectivity index (χ0v) is 6.99. The maximum Gasteiger partial charge on any atom is 0.125 e. The Morgan fingerprint density at radius 1 is 1.73 bits per heavy atom. The van der Waals surface area contributed by atoms with E-state index in [1.54, 1.807) is 6.08 Å². The minimum absolute atomic E-state index is 0.685. The molecule has 0 atom stereocenters. The van der Waals surface area contributed by atoms with Gasteiger partial charge in [0, 0.05) is 20.3 Å². The minimum atomic E-state index is 0.685. The summed E-state index contributed by atoms with van der Waals surface area (Å²) in [5, 5.41) is 3.99. The Morgan fingerprint density at radius 3 is 2.82 bits per heavy atom. The van der Waals surface area contributed by atoms with Gasteiger partial charge in [-0.2, -0.15) is 0 Å². The van der Waals surface area contributed by atoms with E-state index in [0.29, 0.717) is 6.67 Å². The van der Waals surface area contributed by atoms with Crippen molar-refractivity contribution in [2.75, 3.05) is 20.8 Å². The first-order valence-corrected chi connectivity index (χ1v) is 3.53. The fourth-order valence-corrected chi connectivity index (χ4v) is 0.809. The third-order valence-electron chi connectivity index (χ3n) is 1.54. The van der Waals surface area contributed by atoms with Crippen LogP contribution in [0.3, 0.4) is 0 Å². The highest BCUT2D eigenvalue weighted by molar-refractivity contribution is 6.03. The van der Waals surface area contributed by atoms with Crippen LogP contribution in [0.1, 0.15) is 0 Å². The topological polar surface area (TPSA) is 18.8 Å². The molecule has 60 valence electrons. The molecule has 0 aliphatic carbocycles. The summed E-state index contributed by atoms with van der Waals surface area (Å²) < 4.78 is 0. The smallest absolute Gasteiger partial charge is 0.125 e. The van der Waals surface area contributed by atoms with Crippen molar-refractivity contribution in [1.82, 2.24) is 10.0 Å². The van der Waals surface area contributed by atoms with Gasteiger partial charge in [0.2, 0.25) is 0 Å². The van der Waals surface area contributed by atoms with Gasteiger partial charge in [0.15, 0.2) is 0 Å². The van der Waals surface area contributed by atoms with Crippen molar-refractivity contribution >= 4 is 5.71 Å². The molecule has 11 heavy (non-hydrogen) atoms. The Morgan fingerprint density at radius 2 is 2.45 bits per heavy atom. The van der Waals surface area contributed by atoms with Crippen molar-refractivity contribution in [3.63, 3.8) is 0 Å². The average Bonchev–Trinajstić information content (AvgIpc) is 2.05. The van der Waals surface area contributed by atoms with Gasteiger partial charge < -0.3 is 0 Å². The van der Waals surface area contributed by atoms with E-state index in [1.165, 1.54) is 0 Å². The third-order valence-corrected chi connectivity index (χ3v) is 1.54. The molecule has 0 saturated heterocycles. The molecule has 0 radical (unpaired) electrons. The summed E-state index contributed by atoms with van der Waals surface area (Å²) in [5.74, 6) is 0. The summed E-state index contributed by atoms with van der Waals surface area (Å²) in [5.41, 5.74) is 0.947. The van der Waals surface area contributed by atoms with Crippen LogP contribution < -0.4 is 0 Å². The fourth-order valence-electron chi connectivity index (χ4n) is 0.809. The highest BCUT2D eigenvalue weighted by atomic mass is 15.6. The van der Waals surface area contributed by atoms with Gasteiger partial charge >= 0.3 is 0 Å². The van der Waals surface area contributed by atoms with Crippen LogP contribution in [0.15, 0.2) is 29.9 Å². The van der Waals surface area contributed by atoms with Crippen LogP contribution in [0.25, 0.3) is 0 Å². The predicted molar refractivity (Wildman–Crippen MR) is 47.2 cm³/mol. The zero-order chi connectivity index (χ0) is 8.27. The highest BCUT2D eigenvalue weighted by Crippen LogP contribution is 2.00. The number of hydrazine groups is 1. The van der Waals surface area contributed by atoms with Crippen LogP contribution >= 0.6 is 0 Å². The van der Waals surface area contributed by atoms with Crippen LogP contribution in [0.5, 0.6) is 0 Å². The Labute approximate surface area is 67.3 Å². The van der Waals surface area contributed by atoms with Gasteiger partial charge in [0.1, 0.15) is 6.67 Å². The van der Waals surface area contributed by atoms with Crippen molar-refractivity contribution < 1.29 is 0 Å². The van der Waals surface area contributed by atoms with Crippen LogP contribution in [0.2, 0.25) is 0 Å². The molecule has 0 bridgehead atoms. The number of rotatable bonds is 2. The molecule has 0 fully saturated rings. The van der Waals surface area contributed by atoms with Gasteiger partial charge in [-0.3, -0.25) is 10.0 Å². The van der Waals surface area contributed by atoms with Crippen molar-refractivity contribution in [3.05, 3.63) is 24.9 Å². The lowest BCUT2D eigenvalue weighted by molar-refractivity contribution is 0.0852. The van der Waals surface area contributed by atoms with Gasteiger partial charge in [-0.25, -0.2) is 5.01 Å². The minimum Gasteiger partial charge on any atom is -0.292 e. The molecule has 0 spiro atoms. The summed E-state index contributed by atoms with van der Waals surface area (Å²) in [4.78, 5) is 4.25. The molecule has 1 aliphatic rings. The molecule has 0 unspecified atom stereocenters. The van der Waals surface area contributed by atoms with Crippen LogP contribution in [-0.2, 0) is 0 Å². The maximum atomic E-state index is 4.25. The molecular weight excluding hydrogens is 138 g/mol. The van der Waals surface area contributed by atoms with E-state index in [2.05, 4.69) is 11.6 Å². The fraction of sp³-hybridized carbons (Fsp3) is 0.375. The van der Waals surface area contributed by atoms with Crippen molar-refractivity contribution in [1.29, 1.82) is 0 Å². The molecular formula is C8H13N3. The normalized spacial score (nSPS) is 17.0. The van der Waals surface area contributed by atoms with Gasteiger partial charge in [-0.05, 0) is 12.2 Å². The molecule has 3 heteroatoms. The zero-order valence-electron chi connectivity index (χ0n) is 6.99. The first-order chi connectivity index (χ1) is 5.24. The monoisotopic (exact) mass is 151 g/mol. The first-order valence-electron chi connectivity index (χ1n) is 3.53. The lowest BCUT2D eigenvalue weighted by Gasteiger charge is -2.27. The van der Waals surface area contributed by atoms with Crippen molar-refractivity contribution in [3.8, 4) is 0 Å². The van der Waals surface area contributed by atoms with Gasteiger partial charge in [0.25, 0.3) is 0 Å². The molecule has 0 aromatic heterocycles. The first kappa shape index (κ1) is 8.01. The Balaban J connectivity index is 2.57. The number of aliphatic imine (C=N–C) groups is 1. The third kappa shape index (κ3) is 1.91. The number of hydrogen-bond acceptors (Lipinski definition) is 3. The summed E-state index contributed by atoms with van der Waals surface area (Å²) in [7, 11) is 3.97. The van der Waals surface area contributed by atoms with Crippen molar-refractivity contribution in [2.24, 2.45) is 4.99 Å². The molecule has 0 aromatic carbocycles. The van der Waals surface area contributed by atoms with E-state index in [1.807, 2.05) is 36.4 Å². The van der Waals surface area contributed by atoms with E-state index in [-0.39, 0.29) is 0 Å².